The second-order valence-corrected chi connectivity index (χ2v) is 5.28. The number of amides is 1. The predicted molar refractivity (Wildman–Crippen MR) is 79.4 cm³/mol. The van der Waals surface area contributed by atoms with E-state index in [0.717, 1.165) is 13.1 Å². The highest BCUT2D eigenvalue weighted by Gasteiger charge is 2.33. The molecule has 1 fully saturated rings. The topological polar surface area (TPSA) is 106 Å². The largest absolute Gasteiger partial charge is 0.383 e. The molecule has 0 atom stereocenters. The van der Waals surface area contributed by atoms with Crippen LogP contribution in [0.2, 0.25) is 0 Å². The van der Waals surface area contributed by atoms with E-state index in [0.29, 0.717) is 37.1 Å². The number of carbonyl (C=O) groups excluding carboxylic acids is 1. The number of methoxy groups -OCH3 is 1. The fourth-order valence-corrected chi connectivity index (χ4v) is 2.33. The number of nitrogens with one attached hydrogen (secondary N) is 1. The van der Waals surface area contributed by atoms with Crippen molar-refractivity contribution in [2.24, 2.45) is 0 Å². The fraction of sp³-hybridized carbons (Fsp3) is 0.500. The summed E-state index contributed by atoms with van der Waals surface area (Å²) in [6, 6.07) is 0. The number of rotatable bonds is 7. The van der Waals surface area contributed by atoms with Crippen molar-refractivity contribution in [2.75, 3.05) is 39.9 Å². The summed E-state index contributed by atoms with van der Waals surface area (Å²) in [4.78, 5) is 26.2. The summed E-state index contributed by atoms with van der Waals surface area (Å²) in [5, 5.41) is 6.72. The molecule has 2 aromatic rings. The van der Waals surface area contributed by atoms with Crippen LogP contribution in [0.1, 0.15) is 11.8 Å². The molecule has 0 aliphatic carbocycles. The summed E-state index contributed by atoms with van der Waals surface area (Å²) < 4.78 is 10.2. The molecular formula is C14H18N6O3. The van der Waals surface area contributed by atoms with Gasteiger partial charge in [-0.3, -0.25) is 14.7 Å². The molecule has 1 aliphatic rings. The number of nitrogens with zero attached hydrogens (tertiary/aromatic N) is 5. The summed E-state index contributed by atoms with van der Waals surface area (Å²) in [6.45, 7) is 2.85. The van der Waals surface area contributed by atoms with Crippen molar-refractivity contribution in [2.45, 2.75) is 5.92 Å². The summed E-state index contributed by atoms with van der Waals surface area (Å²) in [5.41, 5.74) is 0.580. The van der Waals surface area contributed by atoms with Crippen molar-refractivity contribution >= 4 is 5.91 Å². The second-order valence-electron chi connectivity index (χ2n) is 5.28. The van der Waals surface area contributed by atoms with E-state index in [4.69, 9.17) is 9.26 Å². The lowest BCUT2D eigenvalue weighted by Gasteiger charge is -2.36. The molecule has 1 amide bonds. The molecule has 0 aromatic carbocycles. The van der Waals surface area contributed by atoms with E-state index in [9.17, 15) is 4.79 Å². The quantitative estimate of drug-likeness (QED) is 0.693. The van der Waals surface area contributed by atoms with Crippen LogP contribution >= 0.6 is 0 Å². The third-order valence-electron chi connectivity index (χ3n) is 3.54. The van der Waals surface area contributed by atoms with Crippen LogP contribution < -0.4 is 5.32 Å². The summed E-state index contributed by atoms with van der Waals surface area (Å²) in [5.74, 6) is 1.15. The standard InChI is InChI=1S/C14H18N6O3/c1-22-5-4-17-12(21)9-20-7-10(8-20)14-18-13(19-23-14)11-6-15-2-3-16-11/h2-3,6,10H,4-5,7-9H2,1H3,(H,17,21). The molecule has 3 rings (SSSR count). The van der Waals surface area contributed by atoms with Crippen molar-refractivity contribution < 1.29 is 14.1 Å². The van der Waals surface area contributed by atoms with Gasteiger partial charge in [0.15, 0.2) is 0 Å². The first-order valence-corrected chi connectivity index (χ1v) is 7.34. The highest BCUT2D eigenvalue weighted by molar-refractivity contribution is 5.78. The van der Waals surface area contributed by atoms with Gasteiger partial charge in [-0.25, -0.2) is 4.98 Å². The summed E-state index contributed by atoms with van der Waals surface area (Å²) in [7, 11) is 1.60. The van der Waals surface area contributed by atoms with Crippen LogP contribution in [-0.4, -0.2) is 70.8 Å². The molecule has 1 N–H and O–H groups in total. The van der Waals surface area contributed by atoms with Crippen molar-refractivity contribution in [3.63, 3.8) is 0 Å². The molecule has 23 heavy (non-hydrogen) atoms. The number of likely N-dealkylation sites (tertiary alicyclic amines) is 1. The van der Waals surface area contributed by atoms with Crippen molar-refractivity contribution in [3.8, 4) is 11.5 Å². The average Bonchev–Trinajstić information content (AvgIpc) is 3.01. The zero-order valence-corrected chi connectivity index (χ0v) is 12.8. The molecule has 1 saturated heterocycles. The monoisotopic (exact) mass is 318 g/mol. The first-order valence-electron chi connectivity index (χ1n) is 7.34. The van der Waals surface area contributed by atoms with Gasteiger partial charge in [-0.05, 0) is 0 Å². The van der Waals surface area contributed by atoms with Crippen molar-refractivity contribution in [3.05, 3.63) is 24.5 Å². The van der Waals surface area contributed by atoms with Gasteiger partial charge in [-0.2, -0.15) is 4.98 Å². The van der Waals surface area contributed by atoms with Crippen LogP contribution in [-0.2, 0) is 9.53 Å². The Morgan fingerprint density at radius 2 is 2.35 bits per heavy atom. The third kappa shape index (κ3) is 3.88. The highest BCUT2D eigenvalue weighted by Crippen LogP contribution is 2.26. The maximum atomic E-state index is 11.7. The first-order chi connectivity index (χ1) is 11.3. The van der Waals surface area contributed by atoms with E-state index < -0.39 is 0 Å². The van der Waals surface area contributed by atoms with Gasteiger partial charge in [-0.1, -0.05) is 5.16 Å². The van der Waals surface area contributed by atoms with Gasteiger partial charge in [0.05, 0.1) is 25.3 Å². The summed E-state index contributed by atoms with van der Waals surface area (Å²) >= 11 is 0. The molecule has 0 radical (unpaired) electrons. The Morgan fingerprint density at radius 3 is 3.09 bits per heavy atom. The van der Waals surface area contributed by atoms with Gasteiger partial charge in [0.25, 0.3) is 0 Å². The molecule has 0 unspecified atom stereocenters. The molecule has 3 heterocycles. The molecule has 1 aliphatic heterocycles. The fourth-order valence-electron chi connectivity index (χ4n) is 2.33. The normalized spacial score (nSPS) is 15.3. The number of hydrogen-bond acceptors (Lipinski definition) is 8. The van der Waals surface area contributed by atoms with Gasteiger partial charge >= 0.3 is 0 Å². The van der Waals surface area contributed by atoms with E-state index in [-0.39, 0.29) is 11.8 Å². The third-order valence-corrected chi connectivity index (χ3v) is 3.54. The van der Waals surface area contributed by atoms with Gasteiger partial charge in [0, 0.05) is 39.1 Å². The first kappa shape index (κ1) is 15.5. The Labute approximate surface area is 133 Å². The second kappa shape index (κ2) is 7.25. The molecule has 9 heteroatoms. The Morgan fingerprint density at radius 1 is 1.48 bits per heavy atom. The lowest BCUT2D eigenvalue weighted by Crippen LogP contribution is -2.49. The summed E-state index contributed by atoms with van der Waals surface area (Å²) in [6.07, 6.45) is 4.76. The van der Waals surface area contributed by atoms with Crippen LogP contribution in [0.15, 0.2) is 23.1 Å². The van der Waals surface area contributed by atoms with E-state index in [2.05, 4.69) is 25.4 Å². The average molecular weight is 318 g/mol. The minimum atomic E-state index is -0.00808. The van der Waals surface area contributed by atoms with Gasteiger partial charge < -0.3 is 14.6 Å². The minimum absolute atomic E-state index is 0.00808. The number of aromatic nitrogens is 4. The zero-order valence-electron chi connectivity index (χ0n) is 12.8. The molecule has 0 spiro atoms. The zero-order chi connectivity index (χ0) is 16.1. The molecular weight excluding hydrogens is 300 g/mol. The van der Waals surface area contributed by atoms with E-state index in [1.54, 1.807) is 25.7 Å². The number of carbonyl (C=O) groups is 1. The Bertz CT molecular complexity index is 641. The Kier molecular flexibility index (Phi) is 4.89. The maximum Gasteiger partial charge on any atom is 0.234 e. The molecule has 0 saturated carbocycles. The van der Waals surface area contributed by atoms with Gasteiger partial charge in [-0.15, -0.1) is 0 Å². The van der Waals surface area contributed by atoms with Crippen molar-refractivity contribution in [1.29, 1.82) is 0 Å². The lowest BCUT2D eigenvalue weighted by molar-refractivity contribution is -0.123. The van der Waals surface area contributed by atoms with Gasteiger partial charge in [0.1, 0.15) is 5.69 Å². The smallest absolute Gasteiger partial charge is 0.234 e. The minimum Gasteiger partial charge on any atom is -0.383 e. The molecule has 0 bridgehead atoms. The molecule has 9 nitrogen and oxygen atoms in total. The number of hydrogen-bond donors (Lipinski definition) is 1. The predicted octanol–water partition coefficient (Wildman–Crippen LogP) is -0.312. The highest BCUT2D eigenvalue weighted by atomic mass is 16.5. The lowest BCUT2D eigenvalue weighted by atomic mass is 10.0. The van der Waals surface area contributed by atoms with Crippen LogP contribution in [0, 0.1) is 0 Å². The SMILES string of the molecule is COCCNC(=O)CN1CC(c2nc(-c3cnccn3)no2)C1. The molecule has 2 aromatic heterocycles. The van der Waals surface area contributed by atoms with Crippen LogP contribution in [0.3, 0.4) is 0 Å². The Balaban J connectivity index is 1.47. The number of ether oxygens (including phenoxy) is 1. The van der Waals surface area contributed by atoms with Crippen LogP contribution in [0.25, 0.3) is 11.5 Å². The van der Waals surface area contributed by atoms with Crippen LogP contribution in [0.5, 0.6) is 0 Å². The van der Waals surface area contributed by atoms with Gasteiger partial charge in [0.2, 0.25) is 17.6 Å². The van der Waals surface area contributed by atoms with E-state index >= 15 is 0 Å². The molecule has 122 valence electrons. The van der Waals surface area contributed by atoms with Crippen LogP contribution in [0.4, 0.5) is 0 Å². The van der Waals surface area contributed by atoms with Crippen molar-refractivity contribution in [1.82, 2.24) is 30.3 Å². The van der Waals surface area contributed by atoms with E-state index in [1.165, 1.54) is 0 Å². The Hall–Kier alpha value is -2.39. The van der Waals surface area contributed by atoms with E-state index in [1.807, 2.05) is 4.90 Å². The maximum absolute atomic E-state index is 11.7.